The Morgan fingerprint density at radius 2 is 2.06 bits per heavy atom. The van der Waals surface area contributed by atoms with E-state index in [1.807, 2.05) is 13.8 Å². The highest BCUT2D eigenvalue weighted by Crippen LogP contribution is 2.23. The molecule has 1 rings (SSSR count). The molecule has 16 heavy (non-hydrogen) atoms. The summed E-state index contributed by atoms with van der Waals surface area (Å²) in [6, 6.07) is 3.24. The van der Waals surface area contributed by atoms with Gasteiger partial charge in [0.05, 0.1) is 6.61 Å². The van der Waals surface area contributed by atoms with Gasteiger partial charge in [-0.2, -0.15) is 0 Å². The van der Waals surface area contributed by atoms with Crippen molar-refractivity contribution in [1.29, 1.82) is 0 Å². The van der Waals surface area contributed by atoms with Crippen LogP contribution in [0.25, 0.3) is 0 Å². The van der Waals surface area contributed by atoms with Crippen LogP contribution in [0.4, 0.5) is 4.39 Å². The van der Waals surface area contributed by atoms with E-state index in [4.69, 9.17) is 9.88 Å². The van der Waals surface area contributed by atoms with Gasteiger partial charge in [0.25, 0.3) is 0 Å². The zero-order valence-corrected chi connectivity index (χ0v) is 9.92. The molecule has 4 nitrogen and oxygen atoms in total. The van der Waals surface area contributed by atoms with Crippen molar-refractivity contribution in [1.82, 2.24) is 0 Å². The Kier molecular flexibility index (Phi) is 3.88. The molecule has 90 valence electrons. The van der Waals surface area contributed by atoms with E-state index < -0.39 is 15.8 Å². The van der Waals surface area contributed by atoms with Crippen molar-refractivity contribution < 1.29 is 17.5 Å². The van der Waals surface area contributed by atoms with Crippen molar-refractivity contribution in [3.05, 3.63) is 24.0 Å². The summed E-state index contributed by atoms with van der Waals surface area (Å²) in [5, 5.41) is 4.96. The van der Waals surface area contributed by atoms with Crippen molar-refractivity contribution in [3.63, 3.8) is 0 Å². The molecule has 0 radical (unpaired) electrons. The van der Waals surface area contributed by atoms with E-state index in [0.29, 0.717) is 6.61 Å². The second-order valence-corrected chi connectivity index (χ2v) is 5.37. The Morgan fingerprint density at radius 1 is 1.44 bits per heavy atom. The number of sulfonamides is 1. The molecular weight excluding hydrogens is 233 g/mol. The fraction of sp³-hybridized carbons (Fsp3) is 0.400. The average molecular weight is 247 g/mol. The van der Waals surface area contributed by atoms with Gasteiger partial charge < -0.3 is 4.74 Å². The van der Waals surface area contributed by atoms with E-state index in [1.165, 1.54) is 6.07 Å². The largest absolute Gasteiger partial charge is 0.492 e. The molecule has 0 saturated carbocycles. The maximum atomic E-state index is 12.9. The molecule has 0 unspecified atom stereocenters. The quantitative estimate of drug-likeness (QED) is 0.876. The normalized spacial score (nSPS) is 11.8. The molecule has 0 aromatic heterocycles. The first-order chi connectivity index (χ1) is 7.30. The van der Waals surface area contributed by atoms with Crippen molar-refractivity contribution in [2.24, 2.45) is 11.1 Å². The molecule has 0 spiro atoms. The number of primary sulfonamides is 1. The zero-order valence-electron chi connectivity index (χ0n) is 9.10. The molecule has 0 aliphatic rings. The van der Waals surface area contributed by atoms with Crippen LogP contribution in [0, 0.1) is 11.7 Å². The van der Waals surface area contributed by atoms with Gasteiger partial charge in [0.1, 0.15) is 16.5 Å². The summed E-state index contributed by atoms with van der Waals surface area (Å²) in [7, 11) is -3.97. The molecule has 6 heteroatoms. The lowest BCUT2D eigenvalue weighted by atomic mass is 10.2. The van der Waals surface area contributed by atoms with Crippen LogP contribution in [0.5, 0.6) is 5.75 Å². The lowest BCUT2D eigenvalue weighted by molar-refractivity contribution is 0.264. The smallest absolute Gasteiger partial charge is 0.241 e. The number of hydrogen-bond acceptors (Lipinski definition) is 3. The van der Waals surface area contributed by atoms with Crippen LogP contribution >= 0.6 is 0 Å². The number of hydrogen-bond donors (Lipinski definition) is 1. The molecule has 0 fully saturated rings. The maximum absolute atomic E-state index is 12.9. The Hall–Kier alpha value is -1.14. The summed E-state index contributed by atoms with van der Waals surface area (Å²) in [6.45, 7) is 4.18. The minimum absolute atomic E-state index is 0.0811. The SMILES string of the molecule is CC(C)COc1ccc(F)cc1S(N)(=O)=O. The van der Waals surface area contributed by atoms with Gasteiger partial charge in [-0.05, 0) is 24.1 Å². The summed E-state index contributed by atoms with van der Waals surface area (Å²) >= 11 is 0. The lowest BCUT2D eigenvalue weighted by Crippen LogP contribution is -2.15. The van der Waals surface area contributed by atoms with Gasteiger partial charge in [0.2, 0.25) is 10.0 Å². The van der Waals surface area contributed by atoms with Gasteiger partial charge in [-0.1, -0.05) is 13.8 Å². The monoisotopic (exact) mass is 247 g/mol. The third-order valence-corrected chi connectivity index (χ3v) is 2.72. The van der Waals surface area contributed by atoms with Crippen LogP contribution in [0.3, 0.4) is 0 Å². The average Bonchev–Trinajstić information content (AvgIpc) is 2.14. The Labute approximate surface area is 94.3 Å². The molecule has 2 N–H and O–H groups in total. The second kappa shape index (κ2) is 4.80. The standard InChI is InChI=1S/C10H14FNO3S/c1-7(2)6-15-9-4-3-8(11)5-10(9)16(12,13)14/h3-5,7H,6H2,1-2H3,(H2,12,13,14). The van der Waals surface area contributed by atoms with E-state index in [2.05, 4.69) is 0 Å². The third-order valence-electron chi connectivity index (χ3n) is 1.78. The molecular formula is C10H14FNO3S. The van der Waals surface area contributed by atoms with Gasteiger partial charge in [-0.15, -0.1) is 0 Å². The minimum Gasteiger partial charge on any atom is -0.492 e. The number of nitrogens with two attached hydrogens (primary N) is 1. The zero-order chi connectivity index (χ0) is 12.3. The molecule has 0 atom stereocenters. The molecule has 0 saturated heterocycles. The van der Waals surface area contributed by atoms with Crippen molar-refractivity contribution in [2.45, 2.75) is 18.7 Å². The van der Waals surface area contributed by atoms with Crippen LogP contribution in [0.15, 0.2) is 23.1 Å². The number of halogens is 1. The van der Waals surface area contributed by atoms with Crippen molar-refractivity contribution in [2.75, 3.05) is 6.61 Å². The second-order valence-electron chi connectivity index (χ2n) is 3.84. The highest BCUT2D eigenvalue weighted by Gasteiger charge is 2.16. The van der Waals surface area contributed by atoms with E-state index in [0.717, 1.165) is 12.1 Å². The number of rotatable bonds is 4. The summed E-state index contributed by atoms with van der Waals surface area (Å²) in [5.74, 6) is -0.350. The molecule has 1 aromatic carbocycles. The van der Waals surface area contributed by atoms with Crippen LogP contribution in [-0.2, 0) is 10.0 Å². The molecule has 0 heterocycles. The fourth-order valence-corrected chi connectivity index (χ4v) is 1.76. The van der Waals surface area contributed by atoms with Crippen LogP contribution in [-0.4, -0.2) is 15.0 Å². The Balaban J connectivity index is 3.09. The summed E-state index contributed by atoms with van der Waals surface area (Å²) in [4.78, 5) is -0.326. The van der Waals surface area contributed by atoms with Crippen LogP contribution < -0.4 is 9.88 Å². The van der Waals surface area contributed by atoms with Gasteiger partial charge in [-0.25, -0.2) is 17.9 Å². The highest BCUT2D eigenvalue weighted by atomic mass is 32.2. The summed E-state index contributed by atoms with van der Waals surface area (Å²) in [6.07, 6.45) is 0. The Morgan fingerprint density at radius 3 is 2.56 bits per heavy atom. The number of benzene rings is 1. The van der Waals surface area contributed by atoms with Crippen LogP contribution in [0.1, 0.15) is 13.8 Å². The van der Waals surface area contributed by atoms with Gasteiger partial charge in [0.15, 0.2) is 0 Å². The Bertz CT molecular complexity index is 471. The van der Waals surface area contributed by atoms with E-state index >= 15 is 0 Å². The molecule has 0 amide bonds. The predicted molar refractivity (Wildman–Crippen MR) is 58.1 cm³/mol. The van der Waals surface area contributed by atoms with Crippen LogP contribution in [0.2, 0.25) is 0 Å². The van der Waals surface area contributed by atoms with Crippen molar-refractivity contribution in [3.8, 4) is 5.75 Å². The molecule has 1 aromatic rings. The third kappa shape index (κ3) is 3.46. The lowest BCUT2D eigenvalue weighted by Gasteiger charge is -2.11. The van der Waals surface area contributed by atoms with E-state index in [9.17, 15) is 12.8 Å². The maximum Gasteiger partial charge on any atom is 0.241 e. The predicted octanol–water partition coefficient (Wildman–Crippen LogP) is 1.51. The van der Waals surface area contributed by atoms with Gasteiger partial charge in [0, 0.05) is 0 Å². The molecule has 0 aliphatic heterocycles. The first-order valence-electron chi connectivity index (χ1n) is 4.76. The first kappa shape index (κ1) is 12.9. The fourth-order valence-electron chi connectivity index (χ4n) is 1.08. The van der Waals surface area contributed by atoms with E-state index in [-0.39, 0.29) is 16.6 Å². The number of ether oxygens (including phenoxy) is 1. The summed E-state index contributed by atoms with van der Waals surface area (Å²) < 4.78 is 40.5. The summed E-state index contributed by atoms with van der Waals surface area (Å²) in [5.41, 5.74) is 0. The molecule has 0 bridgehead atoms. The highest BCUT2D eigenvalue weighted by molar-refractivity contribution is 7.89. The molecule has 0 aliphatic carbocycles. The minimum atomic E-state index is -3.97. The topological polar surface area (TPSA) is 69.4 Å². The van der Waals surface area contributed by atoms with Crippen molar-refractivity contribution >= 4 is 10.0 Å². The first-order valence-corrected chi connectivity index (χ1v) is 6.30. The van der Waals surface area contributed by atoms with E-state index in [1.54, 1.807) is 0 Å². The van der Waals surface area contributed by atoms with Gasteiger partial charge in [-0.3, -0.25) is 0 Å². The van der Waals surface area contributed by atoms with Gasteiger partial charge >= 0.3 is 0 Å².